The predicted octanol–water partition coefficient (Wildman–Crippen LogP) is 3.17. The molecule has 1 saturated heterocycles. The Morgan fingerprint density at radius 2 is 1.17 bits per heavy atom. The molecule has 1 aromatic carbocycles. The molecule has 3 rings (SSSR count). The molecule has 1 aliphatic heterocycles. The fourth-order valence-electron chi connectivity index (χ4n) is 3.08. The molecule has 2 aliphatic rings. The van der Waals surface area contributed by atoms with E-state index in [4.69, 9.17) is 0 Å². The Morgan fingerprint density at radius 1 is 0.833 bits per heavy atom. The number of carbonyl (C=O) groups is 2. The number of ketones is 2. The quantitative estimate of drug-likeness (QED) is 0.531. The van der Waals surface area contributed by atoms with E-state index in [1.807, 2.05) is 34.6 Å². The van der Waals surface area contributed by atoms with E-state index in [2.05, 4.69) is 0 Å². The van der Waals surface area contributed by atoms with Gasteiger partial charge < -0.3 is 0 Å². The van der Waals surface area contributed by atoms with E-state index in [-0.39, 0.29) is 16.8 Å². The van der Waals surface area contributed by atoms with Gasteiger partial charge in [0.05, 0.1) is 0 Å². The van der Waals surface area contributed by atoms with E-state index in [0.29, 0.717) is 11.1 Å². The van der Waals surface area contributed by atoms with Crippen molar-refractivity contribution in [3.8, 4) is 0 Å². The molecular formula is C15H16O2S. The van der Waals surface area contributed by atoms with Gasteiger partial charge in [-0.25, -0.2) is 0 Å². The Labute approximate surface area is 111 Å². The molecular weight excluding hydrogens is 244 g/mol. The van der Waals surface area contributed by atoms with E-state index < -0.39 is 4.75 Å². The van der Waals surface area contributed by atoms with Gasteiger partial charge in [-0.3, -0.25) is 9.59 Å². The topological polar surface area (TPSA) is 34.1 Å². The number of Topliss-reactive ketones (excluding diaryl/α,β-unsaturated/α-hetero) is 2. The average molecular weight is 260 g/mol. The Morgan fingerprint density at radius 3 is 1.44 bits per heavy atom. The van der Waals surface area contributed by atoms with Gasteiger partial charge in [-0.2, -0.15) is 0 Å². The maximum absolute atomic E-state index is 12.6. The van der Waals surface area contributed by atoms with Crippen LogP contribution in [0.3, 0.4) is 0 Å². The molecule has 3 heteroatoms. The minimum Gasteiger partial charge on any atom is -0.292 e. The van der Waals surface area contributed by atoms with Gasteiger partial charge in [0.15, 0.2) is 16.3 Å². The molecule has 0 N–H and O–H groups in total. The highest BCUT2D eigenvalue weighted by Gasteiger charge is 2.69. The second kappa shape index (κ2) is 3.27. The molecule has 0 radical (unpaired) electrons. The normalized spacial score (nSPS) is 23.7. The molecule has 1 atom stereocenters. The fraction of sp³-hybridized carbons (Fsp3) is 0.467. The maximum Gasteiger partial charge on any atom is 0.188 e. The average Bonchev–Trinajstić information content (AvgIpc) is 2.96. The van der Waals surface area contributed by atoms with Crippen molar-refractivity contribution in [3.63, 3.8) is 0 Å². The first-order valence-corrected chi connectivity index (χ1v) is 7.09. The Kier molecular flexibility index (Phi) is 2.17. The zero-order valence-electron chi connectivity index (χ0n) is 11.3. The molecule has 1 heterocycles. The first-order valence-electron chi connectivity index (χ1n) is 6.21. The number of benzene rings is 1. The van der Waals surface area contributed by atoms with Gasteiger partial charge >= 0.3 is 0 Å². The van der Waals surface area contributed by atoms with Crippen molar-refractivity contribution in [3.05, 3.63) is 33.4 Å². The van der Waals surface area contributed by atoms with Crippen LogP contribution in [0.5, 0.6) is 0 Å². The lowest BCUT2D eigenvalue weighted by Gasteiger charge is -2.13. The van der Waals surface area contributed by atoms with Crippen molar-refractivity contribution in [2.75, 3.05) is 0 Å². The van der Waals surface area contributed by atoms with Crippen molar-refractivity contribution in [1.82, 2.24) is 0 Å². The fourth-order valence-corrected chi connectivity index (χ4v) is 4.20. The number of fused-ring (bicyclic) bond motifs is 1. The molecule has 2 nitrogen and oxygen atoms in total. The number of thioether (sulfide) groups is 1. The SMILES string of the molecule is Cc1c(C)c(C)c2c(c1C)C(=O)C1(SC1C)C2=O. The van der Waals surface area contributed by atoms with E-state index in [9.17, 15) is 9.59 Å². The van der Waals surface area contributed by atoms with Crippen LogP contribution in [-0.4, -0.2) is 21.6 Å². The van der Waals surface area contributed by atoms with Gasteiger partial charge in [-0.15, -0.1) is 11.8 Å². The molecule has 0 bridgehead atoms. The highest BCUT2D eigenvalue weighted by Crippen LogP contribution is 2.61. The van der Waals surface area contributed by atoms with Crippen LogP contribution >= 0.6 is 11.8 Å². The van der Waals surface area contributed by atoms with Crippen LogP contribution in [0.25, 0.3) is 0 Å². The van der Waals surface area contributed by atoms with Gasteiger partial charge in [0.2, 0.25) is 0 Å². The summed E-state index contributed by atoms with van der Waals surface area (Å²) in [7, 11) is 0. The van der Waals surface area contributed by atoms with E-state index in [0.717, 1.165) is 22.3 Å². The van der Waals surface area contributed by atoms with Crippen LogP contribution in [0.1, 0.15) is 49.9 Å². The summed E-state index contributed by atoms with van der Waals surface area (Å²) in [6.45, 7) is 9.95. The number of hydrogen-bond donors (Lipinski definition) is 0. The number of carbonyl (C=O) groups excluding carboxylic acids is 2. The molecule has 1 spiro atoms. The molecule has 0 aromatic heterocycles. The zero-order chi connectivity index (χ0) is 13.4. The second-order valence-electron chi connectivity index (χ2n) is 5.40. The van der Waals surface area contributed by atoms with Crippen molar-refractivity contribution in [2.45, 2.75) is 44.6 Å². The molecule has 1 fully saturated rings. The highest BCUT2D eigenvalue weighted by atomic mass is 32.2. The van der Waals surface area contributed by atoms with Crippen LogP contribution in [0.4, 0.5) is 0 Å². The molecule has 0 amide bonds. The van der Waals surface area contributed by atoms with Gasteiger partial charge in [0.25, 0.3) is 0 Å². The largest absolute Gasteiger partial charge is 0.292 e. The molecule has 1 aliphatic carbocycles. The molecule has 1 aromatic rings. The van der Waals surface area contributed by atoms with Crippen molar-refractivity contribution in [1.29, 1.82) is 0 Å². The Balaban J connectivity index is 2.38. The van der Waals surface area contributed by atoms with Gasteiger partial charge in [-0.05, 0) is 49.9 Å². The van der Waals surface area contributed by atoms with Crippen LogP contribution < -0.4 is 0 Å². The zero-order valence-corrected chi connectivity index (χ0v) is 12.1. The van der Waals surface area contributed by atoms with E-state index >= 15 is 0 Å². The first kappa shape index (κ1) is 12.0. The molecule has 0 saturated carbocycles. The van der Waals surface area contributed by atoms with Crippen LogP contribution in [0.2, 0.25) is 0 Å². The minimum atomic E-state index is -0.766. The summed E-state index contributed by atoms with van der Waals surface area (Å²) in [6.07, 6.45) is 0. The predicted molar refractivity (Wildman–Crippen MR) is 73.8 cm³/mol. The first-order chi connectivity index (χ1) is 8.34. The summed E-state index contributed by atoms with van der Waals surface area (Å²) in [4.78, 5) is 25.2. The van der Waals surface area contributed by atoms with Gasteiger partial charge in [0, 0.05) is 16.4 Å². The van der Waals surface area contributed by atoms with E-state index in [1.165, 1.54) is 11.8 Å². The molecule has 94 valence electrons. The molecule has 1 unspecified atom stereocenters. The van der Waals surface area contributed by atoms with Gasteiger partial charge in [0.1, 0.15) is 0 Å². The van der Waals surface area contributed by atoms with E-state index in [1.54, 1.807) is 0 Å². The number of rotatable bonds is 0. The van der Waals surface area contributed by atoms with Crippen LogP contribution in [0, 0.1) is 27.7 Å². The third kappa shape index (κ3) is 1.07. The Hall–Kier alpha value is -1.09. The van der Waals surface area contributed by atoms with Crippen molar-refractivity contribution < 1.29 is 9.59 Å². The Bertz CT molecular complexity index is 581. The summed E-state index contributed by atoms with van der Waals surface area (Å²) < 4.78 is -0.766. The minimum absolute atomic E-state index is 0.0451. The summed E-state index contributed by atoms with van der Waals surface area (Å²) in [5, 5.41) is 0.129. The van der Waals surface area contributed by atoms with Crippen molar-refractivity contribution >= 4 is 23.3 Å². The van der Waals surface area contributed by atoms with Crippen molar-refractivity contribution in [2.24, 2.45) is 0 Å². The smallest absolute Gasteiger partial charge is 0.188 e. The summed E-state index contributed by atoms with van der Waals surface area (Å²) in [5.41, 5.74) is 5.64. The lowest BCUT2D eigenvalue weighted by molar-refractivity contribution is 0.0888. The van der Waals surface area contributed by atoms with Crippen LogP contribution in [-0.2, 0) is 0 Å². The summed E-state index contributed by atoms with van der Waals surface area (Å²) >= 11 is 1.50. The maximum atomic E-state index is 12.6. The van der Waals surface area contributed by atoms with Gasteiger partial charge in [-0.1, -0.05) is 6.92 Å². The third-order valence-corrected chi connectivity index (χ3v) is 6.24. The molecule has 18 heavy (non-hydrogen) atoms. The third-order valence-electron chi connectivity index (χ3n) is 4.69. The lowest BCUT2D eigenvalue weighted by atomic mass is 9.90. The highest BCUT2D eigenvalue weighted by molar-refractivity contribution is 8.10. The van der Waals surface area contributed by atoms with Crippen LogP contribution in [0.15, 0.2) is 0 Å². The summed E-state index contributed by atoms with van der Waals surface area (Å²) in [5.74, 6) is 0.0902. The number of hydrogen-bond acceptors (Lipinski definition) is 3. The monoisotopic (exact) mass is 260 g/mol. The summed E-state index contributed by atoms with van der Waals surface area (Å²) in [6, 6.07) is 0. The standard InChI is InChI=1S/C15H16O2S/c1-6-7(2)9(4)12-11(8(6)3)13(16)15(14(12)17)10(5)18-15/h10H,1-5H3. The second-order valence-corrected chi connectivity index (χ2v) is 6.99. The lowest BCUT2D eigenvalue weighted by Crippen LogP contribution is -2.27.